The largest absolute Gasteiger partial charge is 0.464 e. The Balaban J connectivity index is 1.38. The van der Waals surface area contributed by atoms with Crippen molar-refractivity contribution in [2.45, 2.75) is 32.3 Å². The summed E-state index contributed by atoms with van der Waals surface area (Å²) in [6, 6.07) is 7.62. The number of halogens is 1. The van der Waals surface area contributed by atoms with E-state index in [-0.39, 0.29) is 0 Å². The molecule has 0 spiro atoms. The highest BCUT2D eigenvalue weighted by molar-refractivity contribution is 7.17. The monoisotopic (exact) mass is 385 g/mol. The van der Waals surface area contributed by atoms with Gasteiger partial charge in [-0.3, -0.25) is 0 Å². The zero-order valence-corrected chi connectivity index (χ0v) is 16.0. The van der Waals surface area contributed by atoms with Gasteiger partial charge in [0.25, 0.3) is 5.19 Å². The molecule has 1 aromatic heterocycles. The van der Waals surface area contributed by atoms with Crippen LogP contribution in [-0.4, -0.2) is 16.7 Å². The Morgan fingerprint density at radius 1 is 1.12 bits per heavy atom. The molecule has 2 heterocycles. The van der Waals surface area contributed by atoms with Gasteiger partial charge >= 0.3 is 0 Å². The maximum absolute atomic E-state index is 5.90. The van der Waals surface area contributed by atoms with Gasteiger partial charge in [0.1, 0.15) is 6.61 Å². The fourth-order valence-electron chi connectivity index (χ4n) is 3.12. The number of hydrogen-bond donors (Lipinski definition) is 0. The van der Waals surface area contributed by atoms with Crippen LogP contribution >= 0.6 is 22.9 Å². The molecule has 0 saturated carbocycles. The first-order valence-corrected chi connectivity index (χ1v) is 10.0. The Kier molecular flexibility index (Phi) is 5.37. The molecule has 0 radical (unpaired) electrons. The van der Waals surface area contributed by atoms with E-state index in [0.717, 1.165) is 22.3 Å². The van der Waals surface area contributed by atoms with Gasteiger partial charge in [0.05, 0.1) is 6.54 Å². The number of nitrogens with zero attached hydrogens (tertiary/aromatic N) is 3. The minimum atomic E-state index is 0.458. The van der Waals surface area contributed by atoms with Crippen LogP contribution in [0.5, 0.6) is 5.19 Å². The van der Waals surface area contributed by atoms with E-state index in [0.29, 0.717) is 11.8 Å². The van der Waals surface area contributed by atoms with E-state index in [2.05, 4.69) is 39.5 Å². The summed E-state index contributed by atoms with van der Waals surface area (Å²) in [4.78, 5) is 2.14. The van der Waals surface area contributed by atoms with Gasteiger partial charge in [-0.05, 0) is 71.9 Å². The number of anilines is 1. The van der Waals surface area contributed by atoms with E-state index in [1.165, 1.54) is 48.2 Å². The summed E-state index contributed by atoms with van der Waals surface area (Å²) in [7, 11) is 0. The molecule has 6 heteroatoms. The number of rotatable bonds is 5. The Labute approximate surface area is 162 Å². The first-order valence-electron chi connectivity index (χ1n) is 8.82. The van der Waals surface area contributed by atoms with E-state index < -0.39 is 0 Å². The molecule has 2 aromatic rings. The summed E-state index contributed by atoms with van der Waals surface area (Å²) >= 11 is 7.37. The van der Waals surface area contributed by atoms with Crippen molar-refractivity contribution in [3.63, 3.8) is 0 Å². The molecule has 134 valence electrons. The number of benzene rings is 1. The van der Waals surface area contributed by atoms with Gasteiger partial charge in [-0.15, -0.1) is 5.10 Å². The maximum atomic E-state index is 5.90. The fraction of sp³-hybridized carbons (Fsp3) is 0.300. The van der Waals surface area contributed by atoms with Crippen LogP contribution < -0.4 is 9.64 Å². The Morgan fingerprint density at radius 2 is 2.00 bits per heavy atom. The third kappa shape index (κ3) is 4.17. The summed E-state index contributed by atoms with van der Waals surface area (Å²) in [5.74, 6) is 0. The van der Waals surface area contributed by atoms with Crippen molar-refractivity contribution in [2.24, 2.45) is 0 Å². The van der Waals surface area contributed by atoms with Crippen LogP contribution in [0.25, 0.3) is 0 Å². The van der Waals surface area contributed by atoms with Crippen LogP contribution in [0.4, 0.5) is 5.13 Å². The minimum Gasteiger partial charge on any atom is -0.464 e. The van der Waals surface area contributed by atoms with Crippen molar-refractivity contribution in [3.05, 3.63) is 70.4 Å². The lowest BCUT2D eigenvalue weighted by Crippen LogP contribution is -2.22. The average Bonchev–Trinajstić information content (AvgIpc) is 3.18. The molecule has 0 unspecified atom stereocenters. The first kappa shape index (κ1) is 17.3. The molecular weight excluding hydrogens is 366 g/mol. The lowest BCUT2D eigenvalue weighted by Gasteiger charge is -2.24. The molecule has 1 aliphatic carbocycles. The van der Waals surface area contributed by atoms with Gasteiger partial charge in [0.2, 0.25) is 5.13 Å². The van der Waals surface area contributed by atoms with Gasteiger partial charge in [0.15, 0.2) is 0 Å². The molecule has 0 atom stereocenters. The van der Waals surface area contributed by atoms with Gasteiger partial charge in [-0.2, -0.15) is 0 Å². The Hall–Kier alpha value is -2.11. The maximum Gasteiger partial charge on any atom is 0.296 e. The highest BCUT2D eigenvalue weighted by atomic mass is 35.5. The first-order chi connectivity index (χ1) is 12.8. The molecule has 0 N–H and O–H groups in total. The zero-order valence-electron chi connectivity index (χ0n) is 14.4. The Bertz CT molecular complexity index is 854. The van der Waals surface area contributed by atoms with E-state index in [1.807, 2.05) is 24.3 Å². The summed E-state index contributed by atoms with van der Waals surface area (Å²) in [6.45, 7) is 1.30. The van der Waals surface area contributed by atoms with Crippen molar-refractivity contribution < 1.29 is 4.74 Å². The lowest BCUT2D eigenvalue weighted by molar-refractivity contribution is 0.302. The van der Waals surface area contributed by atoms with E-state index in [1.54, 1.807) is 0 Å². The second-order valence-corrected chi connectivity index (χ2v) is 7.76. The molecule has 0 amide bonds. The molecule has 4 rings (SSSR count). The summed E-state index contributed by atoms with van der Waals surface area (Å²) in [5, 5.41) is 10.6. The number of aromatic nitrogens is 2. The predicted octanol–water partition coefficient (Wildman–Crippen LogP) is 5.53. The highest BCUT2D eigenvalue weighted by Gasteiger charge is 2.18. The van der Waals surface area contributed by atoms with Crippen molar-refractivity contribution >= 4 is 28.1 Å². The fourth-order valence-corrected chi connectivity index (χ4v) is 3.93. The topological polar surface area (TPSA) is 38.3 Å². The third-order valence-corrected chi connectivity index (χ3v) is 5.65. The molecule has 1 aromatic carbocycles. The molecule has 26 heavy (non-hydrogen) atoms. The normalized spacial score (nSPS) is 17.0. The predicted molar refractivity (Wildman–Crippen MR) is 107 cm³/mol. The number of ether oxygens (including phenoxy) is 1. The standard InChI is InChI=1S/C20H20ClN3OS/c21-18-10-8-15(9-11-18)14-25-20-23-22-19(26-20)24-12-4-7-17(13-24)16-5-2-1-3-6-16/h4-5,7-12H,1-3,6,13-14H2. The molecule has 0 bridgehead atoms. The third-order valence-electron chi connectivity index (χ3n) is 4.52. The number of hydrogen-bond acceptors (Lipinski definition) is 5. The smallest absolute Gasteiger partial charge is 0.296 e. The van der Waals surface area contributed by atoms with Gasteiger partial charge in [0, 0.05) is 11.2 Å². The summed E-state index contributed by atoms with van der Waals surface area (Å²) < 4.78 is 5.77. The van der Waals surface area contributed by atoms with E-state index in [9.17, 15) is 0 Å². The van der Waals surface area contributed by atoms with Crippen LogP contribution in [0, 0.1) is 0 Å². The van der Waals surface area contributed by atoms with Crippen LogP contribution in [-0.2, 0) is 6.61 Å². The lowest BCUT2D eigenvalue weighted by atomic mass is 9.92. The van der Waals surface area contributed by atoms with Gasteiger partial charge in [-0.25, -0.2) is 0 Å². The van der Waals surface area contributed by atoms with Crippen LogP contribution in [0.2, 0.25) is 5.02 Å². The Morgan fingerprint density at radius 3 is 2.81 bits per heavy atom. The van der Waals surface area contributed by atoms with Crippen LogP contribution in [0.3, 0.4) is 0 Å². The van der Waals surface area contributed by atoms with Crippen LogP contribution in [0.1, 0.15) is 31.2 Å². The molecule has 4 nitrogen and oxygen atoms in total. The van der Waals surface area contributed by atoms with E-state index in [4.69, 9.17) is 16.3 Å². The summed E-state index contributed by atoms with van der Waals surface area (Å²) in [6.07, 6.45) is 13.7. The second kappa shape index (κ2) is 8.06. The molecule has 2 aliphatic rings. The number of allylic oxidation sites excluding steroid dienone is 3. The van der Waals surface area contributed by atoms with Crippen molar-refractivity contribution in [1.82, 2.24) is 10.2 Å². The SMILES string of the molecule is Clc1ccc(COc2nnc(N3C=CC=C(C4=CCCCC4)C3)s2)cc1. The quantitative estimate of drug-likeness (QED) is 0.678. The summed E-state index contributed by atoms with van der Waals surface area (Å²) in [5.41, 5.74) is 3.92. The van der Waals surface area contributed by atoms with Gasteiger partial charge in [-0.1, -0.05) is 41.0 Å². The van der Waals surface area contributed by atoms with Crippen molar-refractivity contribution in [3.8, 4) is 5.19 Å². The van der Waals surface area contributed by atoms with Crippen molar-refractivity contribution in [2.75, 3.05) is 11.4 Å². The molecule has 0 saturated heterocycles. The van der Waals surface area contributed by atoms with Crippen LogP contribution in [0.15, 0.2) is 59.8 Å². The molecular formula is C20H20ClN3OS. The van der Waals surface area contributed by atoms with E-state index >= 15 is 0 Å². The van der Waals surface area contributed by atoms with Crippen molar-refractivity contribution in [1.29, 1.82) is 0 Å². The minimum absolute atomic E-state index is 0.458. The van der Waals surface area contributed by atoms with Gasteiger partial charge < -0.3 is 9.64 Å². The average molecular weight is 386 g/mol. The molecule has 0 fully saturated rings. The zero-order chi connectivity index (χ0) is 17.8. The second-order valence-electron chi connectivity index (χ2n) is 6.40. The molecule has 1 aliphatic heterocycles. The highest BCUT2D eigenvalue weighted by Crippen LogP contribution is 2.31.